The van der Waals surface area contributed by atoms with E-state index in [0.29, 0.717) is 0 Å². The van der Waals surface area contributed by atoms with Crippen molar-refractivity contribution in [1.82, 2.24) is 4.90 Å². The topological polar surface area (TPSA) is 41.6 Å². The van der Waals surface area contributed by atoms with Crippen LogP contribution < -0.4 is 5.32 Å². The van der Waals surface area contributed by atoms with Gasteiger partial charge in [0.1, 0.15) is 0 Å². The maximum absolute atomic E-state index is 12.7. The van der Waals surface area contributed by atoms with Gasteiger partial charge >= 0.3 is 0 Å². The summed E-state index contributed by atoms with van der Waals surface area (Å²) in [5.74, 6) is 0.0713. The lowest BCUT2D eigenvalue weighted by atomic mass is 10.1. The number of anilines is 1. The monoisotopic (exact) mass is 302 g/mol. The highest BCUT2D eigenvalue weighted by molar-refractivity contribution is 5.95. The highest BCUT2D eigenvalue weighted by Gasteiger charge is 2.50. The minimum atomic E-state index is -0.143. The van der Waals surface area contributed by atoms with E-state index in [4.69, 9.17) is 4.74 Å². The summed E-state index contributed by atoms with van der Waals surface area (Å²) in [5, 5.41) is 3.12. The van der Waals surface area contributed by atoms with Gasteiger partial charge in [0.25, 0.3) is 0 Å². The van der Waals surface area contributed by atoms with Gasteiger partial charge in [-0.25, -0.2) is 0 Å². The third kappa shape index (κ3) is 2.90. The Hall–Kier alpha value is -1.39. The Balaban J connectivity index is 1.71. The van der Waals surface area contributed by atoms with E-state index >= 15 is 0 Å². The van der Waals surface area contributed by atoms with Crippen molar-refractivity contribution in [3.63, 3.8) is 0 Å². The van der Waals surface area contributed by atoms with E-state index in [1.807, 2.05) is 39.0 Å². The third-order valence-corrected chi connectivity index (χ3v) is 5.08. The van der Waals surface area contributed by atoms with E-state index in [-0.39, 0.29) is 23.6 Å². The number of nitrogens with one attached hydrogen (secondary N) is 1. The molecule has 1 aliphatic heterocycles. The molecule has 120 valence electrons. The summed E-state index contributed by atoms with van der Waals surface area (Å²) < 4.78 is 5.93. The Morgan fingerprint density at radius 1 is 1.36 bits per heavy atom. The first-order chi connectivity index (χ1) is 10.4. The first kappa shape index (κ1) is 15.5. The van der Waals surface area contributed by atoms with Crippen LogP contribution in [0.3, 0.4) is 0 Å². The lowest BCUT2D eigenvalue weighted by Crippen LogP contribution is -2.56. The van der Waals surface area contributed by atoms with Crippen LogP contribution in [0.5, 0.6) is 0 Å². The standard InChI is InChI=1S/C18H26N2O2/c1-12-6-5-7-13(2)16(12)19-17(21)15(4)20-11-18(8-9-18)22-10-14(20)3/h5-7,14-15H,8-11H2,1-4H3,(H,19,21). The number of hydrogen-bond acceptors (Lipinski definition) is 3. The molecule has 2 fully saturated rings. The van der Waals surface area contributed by atoms with Gasteiger partial charge in [0.05, 0.1) is 18.2 Å². The number of para-hydroxylation sites is 1. The third-order valence-electron chi connectivity index (χ3n) is 5.08. The molecule has 1 aromatic carbocycles. The molecule has 4 nitrogen and oxygen atoms in total. The van der Waals surface area contributed by atoms with Crippen molar-refractivity contribution < 1.29 is 9.53 Å². The molecule has 1 N–H and O–H groups in total. The molecular formula is C18H26N2O2. The molecule has 4 heteroatoms. The highest BCUT2D eigenvalue weighted by Crippen LogP contribution is 2.43. The molecule has 1 saturated carbocycles. The summed E-state index contributed by atoms with van der Waals surface area (Å²) in [4.78, 5) is 15.0. The number of amides is 1. The lowest BCUT2D eigenvalue weighted by Gasteiger charge is -2.41. The summed E-state index contributed by atoms with van der Waals surface area (Å²) >= 11 is 0. The number of morpholine rings is 1. The zero-order valence-corrected chi connectivity index (χ0v) is 14.0. The molecule has 1 amide bonds. The number of benzene rings is 1. The summed E-state index contributed by atoms with van der Waals surface area (Å²) in [5.41, 5.74) is 3.20. The second kappa shape index (κ2) is 5.67. The van der Waals surface area contributed by atoms with Crippen molar-refractivity contribution >= 4 is 11.6 Å². The van der Waals surface area contributed by atoms with Crippen LogP contribution >= 0.6 is 0 Å². The molecule has 2 aliphatic rings. The van der Waals surface area contributed by atoms with E-state index in [1.165, 1.54) is 0 Å². The minimum Gasteiger partial charge on any atom is -0.372 e. The number of carbonyl (C=O) groups is 1. The molecule has 2 atom stereocenters. The summed E-state index contributed by atoms with van der Waals surface area (Å²) in [6, 6.07) is 6.22. The van der Waals surface area contributed by atoms with Crippen LogP contribution in [-0.2, 0) is 9.53 Å². The predicted octanol–water partition coefficient (Wildman–Crippen LogP) is 2.88. The number of nitrogens with zero attached hydrogens (tertiary/aromatic N) is 1. The van der Waals surface area contributed by atoms with Crippen molar-refractivity contribution in [3.05, 3.63) is 29.3 Å². The fourth-order valence-corrected chi connectivity index (χ4v) is 3.28. The van der Waals surface area contributed by atoms with Crippen LogP contribution in [0.4, 0.5) is 5.69 Å². The van der Waals surface area contributed by atoms with E-state index in [0.717, 1.165) is 42.8 Å². The first-order valence-electron chi connectivity index (χ1n) is 8.19. The van der Waals surface area contributed by atoms with Crippen LogP contribution in [0.1, 0.15) is 37.8 Å². The average molecular weight is 302 g/mol. The average Bonchev–Trinajstić information content (AvgIpc) is 3.24. The van der Waals surface area contributed by atoms with E-state index in [1.54, 1.807) is 0 Å². The number of carbonyl (C=O) groups excluding carboxylic acids is 1. The molecular weight excluding hydrogens is 276 g/mol. The summed E-state index contributed by atoms with van der Waals surface area (Å²) in [6.45, 7) is 9.79. The molecule has 3 rings (SSSR count). The normalized spacial score (nSPS) is 25.0. The Morgan fingerprint density at radius 3 is 2.59 bits per heavy atom. The molecule has 1 aliphatic carbocycles. The molecule has 0 bridgehead atoms. The smallest absolute Gasteiger partial charge is 0.241 e. The molecule has 2 unspecified atom stereocenters. The summed E-state index contributed by atoms with van der Waals surface area (Å²) in [7, 11) is 0. The first-order valence-corrected chi connectivity index (χ1v) is 8.19. The maximum atomic E-state index is 12.7. The quantitative estimate of drug-likeness (QED) is 0.933. The van der Waals surface area contributed by atoms with Gasteiger partial charge in [-0.1, -0.05) is 18.2 Å². The van der Waals surface area contributed by atoms with E-state index in [9.17, 15) is 4.79 Å². The van der Waals surface area contributed by atoms with Crippen molar-refractivity contribution in [2.75, 3.05) is 18.5 Å². The van der Waals surface area contributed by atoms with Gasteiger partial charge in [0.2, 0.25) is 5.91 Å². The molecule has 22 heavy (non-hydrogen) atoms. The van der Waals surface area contributed by atoms with Crippen LogP contribution in [0.15, 0.2) is 18.2 Å². The van der Waals surface area contributed by atoms with Gasteiger partial charge in [-0.3, -0.25) is 9.69 Å². The number of ether oxygens (including phenoxy) is 1. The van der Waals surface area contributed by atoms with Gasteiger partial charge in [0.15, 0.2) is 0 Å². The molecule has 1 saturated heterocycles. The van der Waals surface area contributed by atoms with Gasteiger partial charge in [-0.2, -0.15) is 0 Å². The zero-order chi connectivity index (χ0) is 15.9. The largest absolute Gasteiger partial charge is 0.372 e. The fraction of sp³-hybridized carbons (Fsp3) is 0.611. The fourth-order valence-electron chi connectivity index (χ4n) is 3.28. The van der Waals surface area contributed by atoms with Crippen molar-refractivity contribution in [2.24, 2.45) is 0 Å². The molecule has 0 radical (unpaired) electrons. The van der Waals surface area contributed by atoms with Gasteiger partial charge < -0.3 is 10.1 Å². The van der Waals surface area contributed by atoms with Crippen molar-refractivity contribution in [1.29, 1.82) is 0 Å². The second-order valence-corrected chi connectivity index (χ2v) is 6.95. The predicted molar refractivity (Wildman–Crippen MR) is 88.1 cm³/mol. The Labute approximate surface area is 132 Å². The Bertz CT molecular complexity index is 560. The minimum absolute atomic E-state index is 0.0413. The second-order valence-electron chi connectivity index (χ2n) is 6.95. The van der Waals surface area contributed by atoms with Crippen LogP contribution in [0.2, 0.25) is 0 Å². The number of rotatable bonds is 3. The SMILES string of the molecule is Cc1cccc(C)c1NC(=O)C(C)N1CC2(CC2)OCC1C. The molecule has 0 aromatic heterocycles. The van der Waals surface area contributed by atoms with E-state index < -0.39 is 0 Å². The van der Waals surface area contributed by atoms with Crippen molar-refractivity contribution in [2.45, 2.75) is 58.2 Å². The highest BCUT2D eigenvalue weighted by atomic mass is 16.5. The van der Waals surface area contributed by atoms with Gasteiger partial charge in [0, 0.05) is 18.3 Å². The lowest BCUT2D eigenvalue weighted by molar-refractivity contribution is -0.129. The van der Waals surface area contributed by atoms with Crippen LogP contribution in [0.25, 0.3) is 0 Å². The van der Waals surface area contributed by atoms with Crippen molar-refractivity contribution in [3.8, 4) is 0 Å². The van der Waals surface area contributed by atoms with Gasteiger partial charge in [-0.15, -0.1) is 0 Å². The zero-order valence-electron chi connectivity index (χ0n) is 14.0. The molecule has 1 spiro atoms. The number of aryl methyl sites for hydroxylation is 2. The van der Waals surface area contributed by atoms with E-state index in [2.05, 4.69) is 17.1 Å². The maximum Gasteiger partial charge on any atom is 0.241 e. The number of hydrogen-bond donors (Lipinski definition) is 1. The summed E-state index contributed by atoms with van der Waals surface area (Å²) in [6.07, 6.45) is 2.25. The molecule has 1 heterocycles. The van der Waals surface area contributed by atoms with Gasteiger partial charge in [-0.05, 0) is 51.7 Å². The van der Waals surface area contributed by atoms with Crippen LogP contribution in [0, 0.1) is 13.8 Å². The Kier molecular flexibility index (Phi) is 4.00. The molecule has 1 aromatic rings. The van der Waals surface area contributed by atoms with Crippen LogP contribution in [-0.4, -0.2) is 41.6 Å². The Morgan fingerprint density at radius 2 is 2.00 bits per heavy atom.